The zero-order chi connectivity index (χ0) is 17.8. The van der Waals surface area contributed by atoms with E-state index in [1.54, 1.807) is 0 Å². The number of hydrogen-bond donors (Lipinski definition) is 4. The van der Waals surface area contributed by atoms with Gasteiger partial charge in [-0.3, -0.25) is 9.59 Å². The Morgan fingerprint density at radius 3 is 2.76 bits per heavy atom. The van der Waals surface area contributed by atoms with Crippen LogP contribution in [0.2, 0.25) is 5.02 Å². The third kappa shape index (κ3) is 3.92. The van der Waals surface area contributed by atoms with E-state index in [0.717, 1.165) is 16.5 Å². The Balaban J connectivity index is 1.55. The number of aromatic hydroxyl groups is 1. The minimum atomic E-state index is -0.864. The monoisotopic (exact) mass is 357 g/mol. The molecule has 7 heteroatoms. The van der Waals surface area contributed by atoms with Crippen LogP contribution in [0.25, 0.3) is 10.9 Å². The summed E-state index contributed by atoms with van der Waals surface area (Å²) in [6, 6.07) is 12.1. The largest absolute Gasteiger partial charge is 0.506 e. The van der Waals surface area contributed by atoms with Crippen LogP contribution in [-0.4, -0.2) is 28.4 Å². The molecule has 0 unspecified atom stereocenters. The summed E-state index contributed by atoms with van der Waals surface area (Å²) in [6.45, 7) is 0.315. The van der Waals surface area contributed by atoms with E-state index in [2.05, 4.69) is 15.6 Å². The Kier molecular flexibility index (Phi) is 4.90. The molecule has 0 atom stereocenters. The molecule has 0 aliphatic rings. The van der Waals surface area contributed by atoms with Gasteiger partial charge in [0.05, 0.1) is 5.69 Å². The van der Waals surface area contributed by atoms with Crippen LogP contribution < -0.4 is 10.6 Å². The number of rotatable bonds is 4. The normalized spacial score (nSPS) is 10.6. The van der Waals surface area contributed by atoms with Gasteiger partial charge in [0.1, 0.15) is 5.75 Å². The van der Waals surface area contributed by atoms with E-state index >= 15 is 0 Å². The predicted molar refractivity (Wildman–Crippen MR) is 96.8 cm³/mol. The molecule has 0 radical (unpaired) electrons. The van der Waals surface area contributed by atoms with Gasteiger partial charge in [-0.25, -0.2) is 0 Å². The van der Waals surface area contributed by atoms with Crippen molar-refractivity contribution in [3.05, 3.63) is 59.2 Å². The summed E-state index contributed by atoms with van der Waals surface area (Å²) in [6.07, 6.45) is 2.48. The average Bonchev–Trinajstić information content (AvgIpc) is 3.01. The molecule has 0 aliphatic heterocycles. The quantitative estimate of drug-likeness (QED) is 0.427. The maximum Gasteiger partial charge on any atom is 0.313 e. The van der Waals surface area contributed by atoms with Gasteiger partial charge in [0.25, 0.3) is 0 Å². The molecule has 0 bridgehead atoms. The number of amides is 2. The Bertz CT molecular complexity index is 936. The number of aromatic amines is 1. The summed E-state index contributed by atoms with van der Waals surface area (Å²) >= 11 is 5.80. The lowest BCUT2D eigenvalue weighted by Gasteiger charge is -2.08. The minimum Gasteiger partial charge on any atom is -0.506 e. The van der Waals surface area contributed by atoms with Gasteiger partial charge in [0.15, 0.2) is 0 Å². The van der Waals surface area contributed by atoms with E-state index in [0.29, 0.717) is 18.0 Å². The maximum absolute atomic E-state index is 11.9. The number of fused-ring (bicyclic) bond motifs is 1. The van der Waals surface area contributed by atoms with Gasteiger partial charge in [0.2, 0.25) is 0 Å². The standard InChI is InChI=1S/C18H16ClN3O3/c19-12-5-6-16(23)15(9-12)22-18(25)17(24)20-8-7-11-10-21-14-4-2-1-3-13(11)14/h1-6,9-10,21,23H,7-8H2,(H,20,24)(H,22,25). The van der Waals surface area contributed by atoms with Crippen molar-refractivity contribution >= 4 is 40.0 Å². The second-order valence-electron chi connectivity index (χ2n) is 5.48. The van der Waals surface area contributed by atoms with Gasteiger partial charge in [-0.2, -0.15) is 0 Å². The Hall–Kier alpha value is -2.99. The van der Waals surface area contributed by atoms with Crippen molar-refractivity contribution in [1.82, 2.24) is 10.3 Å². The van der Waals surface area contributed by atoms with Crippen LogP contribution in [0.15, 0.2) is 48.7 Å². The van der Waals surface area contributed by atoms with Crippen molar-refractivity contribution in [2.75, 3.05) is 11.9 Å². The highest BCUT2D eigenvalue weighted by Gasteiger charge is 2.15. The average molecular weight is 358 g/mol. The van der Waals surface area contributed by atoms with Crippen LogP contribution in [0.4, 0.5) is 5.69 Å². The summed E-state index contributed by atoms with van der Waals surface area (Å²) < 4.78 is 0. The van der Waals surface area contributed by atoms with Gasteiger partial charge < -0.3 is 20.7 Å². The molecule has 0 aliphatic carbocycles. The number of benzene rings is 2. The highest BCUT2D eigenvalue weighted by molar-refractivity contribution is 6.40. The highest BCUT2D eigenvalue weighted by Crippen LogP contribution is 2.26. The van der Waals surface area contributed by atoms with E-state index < -0.39 is 11.8 Å². The summed E-state index contributed by atoms with van der Waals surface area (Å²) in [7, 11) is 0. The number of phenols is 1. The molecule has 1 heterocycles. The lowest BCUT2D eigenvalue weighted by atomic mass is 10.1. The number of hydrogen-bond acceptors (Lipinski definition) is 3. The molecule has 2 aromatic carbocycles. The molecule has 6 nitrogen and oxygen atoms in total. The van der Waals surface area contributed by atoms with Gasteiger partial charge in [-0.15, -0.1) is 0 Å². The van der Waals surface area contributed by atoms with E-state index in [1.165, 1.54) is 18.2 Å². The number of aromatic nitrogens is 1. The molecule has 2 amide bonds. The van der Waals surface area contributed by atoms with E-state index in [-0.39, 0.29) is 11.4 Å². The van der Waals surface area contributed by atoms with E-state index in [1.807, 2.05) is 30.5 Å². The molecule has 1 aromatic heterocycles. The lowest BCUT2D eigenvalue weighted by molar-refractivity contribution is -0.136. The number of anilines is 1. The fourth-order valence-electron chi connectivity index (χ4n) is 2.52. The van der Waals surface area contributed by atoms with Gasteiger partial charge >= 0.3 is 11.8 Å². The SMILES string of the molecule is O=C(NCCc1c[nH]c2ccccc12)C(=O)Nc1cc(Cl)ccc1O. The zero-order valence-corrected chi connectivity index (χ0v) is 13.9. The lowest BCUT2D eigenvalue weighted by Crippen LogP contribution is -2.36. The molecular formula is C18H16ClN3O3. The summed E-state index contributed by atoms with van der Waals surface area (Å²) in [5, 5.41) is 16.0. The molecule has 4 N–H and O–H groups in total. The van der Waals surface area contributed by atoms with Crippen molar-refractivity contribution in [2.24, 2.45) is 0 Å². The minimum absolute atomic E-state index is 0.0873. The molecule has 3 rings (SSSR count). The van der Waals surface area contributed by atoms with Crippen molar-refractivity contribution in [3.63, 3.8) is 0 Å². The number of para-hydroxylation sites is 1. The van der Waals surface area contributed by atoms with Gasteiger partial charge in [-0.05, 0) is 36.2 Å². The third-order valence-electron chi connectivity index (χ3n) is 3.77. The first kappa shape index (κ1) is 16.9. The first-order valence-electron chi connectivity index (χ1n) is 7.67. The molecule has 128 valence electrons. The highest BCUT2D eigenvalue weighted by atomic mass is 35.5. The number of H-pyrrole nitrogens is 1. The van der Waals surface area contributed by atoms with Crippen molar-refractivity contribution < 1.29 is 14.7 Å². The first-order valence-corrected chi connectivity index (χ1v) is 8.05. The zero-order valence-electron chi connectivity index (χ0n) is 13.2. The fraction of sp³-hybridized carbons (Fsp3) is 0.111. The number of carbonyl (C=O) groups excluding carboxylic acids is 2. The number of carbonyl (C=O) groups is 2. The Labute approximate surface area is 148 Å². The Morgan fingerprint density at radius 1 is 1.12 bits per heavy atom. The van der Waals surface area contributed by atoms with Crippen LogP contribution in [0.1, 0.15) is 5.56 Å². The van der Waals surface area contributed by atoms with Crippen LogP contribution >= 0.6 is 11.6 Å². The van der Waals surface area contributed by atoms with Crippen molar-refractivity contribution in [1.29, 1.82) is 0 Å². The van der Waals surface area contributed by atoms with Crippen LogP contribution in [0.3, 0.4) is 0 Å². The molecule has 3 aromatic rings. The molecular weight excluding hydrogens is 342 g/mol. The van der Waals surface area contributed by atoms with Crippen LogP contribution in [0, 0.1) is 0 Å². The number of phenolic OH excluding ortho intramolecular Hbond substituents is 1. The van der Waals surface area contributed by atoms with Gasteiger partial charge in [-0.1, -0.05) is 29.8 Å². The van der Waals surface area contributed by atoms with E-state index in [4.69, 9.17) is 11.6 Å². The predicted octanol–water partition coefficient (Wildman–Crippen LogP) is 2.82. The van der Waals surface area contributed by atoms with Crippen LogP contribution in [0.5, 0.6) is 5.75 Å². The molecule has 0 saturated carbocycles. The molecule has 25 heavy (non-hydrogen) atoms. The van der Waals surface area contributed by atoms with Crippen LogP contribution in [-0.2, 0) is 16.0 Å². The number of halogens is 1. The molecule has 0 saturated heterocycles. The van der Waals surface area contributed by atoms with Crippen molar-refractivity contribution in [2.45, 2.75) is 6.42 Å². The second-order valence-corrected chi connectivity index (χ2v) is 5.92. The topological polar surface area (TPSA) is 94.2 Å². The van der Waals surface area contributed by atoms with E-state index in [9.17, 15) is 14.7 Å². The summed E-state index contributed by atoms with van der Waals surface area (Å²) in [5.74, 6) is -1.81. The number of nitrogens with one attached hydrogen (secondary N) is 3. The Morgan fingerprint density at radius 2 is 1.92 bits per heavy atom. The summed E-state index contributed by atoms with van der Waals surface area (Å²) in [4.78, 5) is 26.9. The summed E-state index contributed by atoms with van der Waals surface area (Å²) in [5.41, 5.74) is 2.17. The molecule has 0 spiro atoms. The maximum atomic E-state index is 11.9. The second kappa shape index (κ2) is 7.27. The first-order chi connectivity index (χ1) is 12.0. The fourth-order valence-corrected chi connectivity index (χ4v) is 2.69. The third-order valence-corrected chi connectivity index (χ3v) is 4.00. The van der Waals surface area contributed by atoms with Crippen molar-refractivity contribution in [3.8, 4) is 5.75 Å². The molecule has 0 fully saturated rings. The smallest absolute Gasteiger partial charge is 0.313 e. The van der Waals surface area contributed by atoms with Gasteiger partial charge in [0, 0.05) is 28.7 Å².